The number of fused-ring (bicyclic) bond motifs is 1. The minimum atomic E-state index is 0.330. The summed E-state index contributed by atoms with van der Waals surface area (Å²) in [5.41, 5.74) is 2.63. The van der Waals surface area contributed by atoms with Crippen LogP contribution in [0.25, 0.3) is 0 Å². The molecule has 2 atom stereocenters. The molecular formula is C19H23NO2. The van der Waals surface area contributed by atoms with Crippen molar-refractivity contribution in [3.8, 4) is 11.5 Å². The third-order valence-corrected chi connectivity index (χ3v) is 4.62. The van der Waals surface area contributed by atoms with Crippen molar-refractivity contribution in [2.24, 2.45) is 0 Å². The van der Waals surface area contributed by atoms with Crippen LogP contribution in [0.2, 0.25) is 0 Å². The fourth-order valence-corrected chi connectivity index (χ4v) is 2.87. The molecule has 0 saturated heterocycles. The number of nitrogens with zero attached hydrogens (tertiary/aromatic N) is 1. The molecule has 1 aliphatic rings. The van der Waals surface area contributed by atoms with Gasteiger partial charge in [0.2, 0.25) is 6.79 Å². The van der Waals surface area contributed by atoms with E-state index in [1.807, 2.05) is 6.07 Å². The first-order chi connectivity index (χ1) is 10.6. The summed E-state index contributed by atoms with van der Waals surface area (Å²) in [5, 5.41) is 0. The summed E-state index contributed by atoms with van der Waals surface area (Å²) >= 11 is 0. The summed E-state index contributed by atoms with van der Waals surface area (Å²) in [7, 11) is 2.18. The first-order valence-electron chi connectivity index (χ1n) is 7.79. The summed E-state index contributed by atoms with van der Waals surface area (Å²) in [4.78, 5) is 2.39. The summed E-state index contributed by atoms with van der Waals surface area (Å²) < 4.78 is 10.9. The minimum absolute atomic E-state index is 0.330. The lowest BCUT2D eigenvalue weighted by Gasteiger charge is -2.30. The Labute approximate surface area is 132 Å². The molecule has 0 amide bonds. The van der Waals surface area contributed by atoms with Gasteiger partial charge in [-0.2, -0.15) is 0 Å². The Morgan fingerprint density at radius 3 is 2.50 bits per heavy atom. The molecule has 0 fully saturated rings. The van der Waals surface area contributed by atoms with Crippen molar-refractivity contribution in [1.82, 2.24) is 4.90 Å². The maximum atomic E-state index is 5.49. The molecule has 0 bridgehead atoms. The normalized spacial score (nSPS) is 15.8. The van der Waals surface area contributed by atoms with Crippen molar-refractivity contribution >= 4 is 0 Å². The zero-order valence-corrected chi connectivity index (χ0v) is 13.5. The van der Waals surface area contributed by atoms with Gasteiger partial charge in [-0.3, -0.25) is 4.90 Å². The van der Waals surface area contributed by atoms with E-state index >= 15 is 0 Å². The summed E-state index contributed by atoms with van der Waals surface area (Å²) in [5.74, 6) is 2.13. The van der Waals surface area contributed by atoms with E-state index < -0.39 is 0 Å². The molecule has 1 heterocycles. The van der Waals surface area contributed by atoms with Gasteiger partial charge in [0.1, 0.15) is 0 Å². The van der Waals surface area contributed by atoms with E-state index in [0.717, 1.165) is 18.0 Å². The van der Waals surface area contributed by atoms with E-state index in [-0.39, 0.29) is 0 Å². The SMILES string of the molecule is C[C@H](c1ccc2c(c1)OCO2)[C@H](C)N(C)Cc1ccccc1. The highest BCUT2D eigenvalue weighted by Crippen LogP contribution is 2.35. The topological polar surface area (TPSA) is 21.7 Å². The molecule has 3 rings (SSSR count). The highest BCUT2D eigenvalue weighted by atomic mass is 16.7. The number of likely N-dealkylation sites (N-methyl/N-ethyl adjacent to an activating group) is 1. The van der Waals surface area contributed by atoms with E-state index in [2.05, 4.69) is 68.3 Å². The van der Waals surface area contributed by atoms with Crippen molar-refractivity contribution in [3.63, 3.8) is 0 Å². The molecule has 0 unspecified atom stereocenters. The number of benzene rings is 2. The van der Waals surface area contributed by atoms with Crippen LogP contribution in [0.5, 0.6) is 11.5 Å². The Morgan fingerprint density at radius 2 is 1.73 bits per heavy atom. The van der Waals surface area contributed by atoms with Crippen molar-refractivity contribution in [2.75, 3.05) is 13.8 Å². The Morgan fingerprint density at radius 1 is 1.00 bits per heavy atom. The molecule has 1 aliphatic heterocycles. The van der Waals surface area contributed by atoms with Crippen LogP contribution < -0.4 is 9.47 Å². The second-order valence-corrected chi connectivity index (χ2v) is 6.04. The van der Waals surface area contributed by atoms with E-state index in [4.69, 9.17) is 9.47 Å². The lowest BCUT2D eigenvalue weighted by atomic mass is 9.93. The molecule has 0 aliphatic carbocycles. The number of rotatable bonds is 5. The summed E-state index contributed by atoms with van der Waals surface area (Å²) in [6.07, 6.45) is 0. The lowest BCUT2D eigenvalue weighted by molar-refractivity contribution is 0.174. The number of hydrogen-bond donors (Lipinski definition) is 0. The molecule has 0 spiro atoms. The molecule has 0 radical (unpaired) electrons. The van der Waals surface area contributed by atoms with Crippen molar-refractivity contribution in [2.45, 2.75) is 32.4 Å². The van der Waals surface area contributed by atoms with Gasteiger partial charge in [0, 0.05) is 12.6 Å². The fraction of sp³-hybridized carbons (Fsp3) is 0.368. The average molecular weight is 297 g/mol. The Hall–Kier alpha value is -2.00. The fourth-order valence-electron chi connectivity index (χ4n) is 2.87. The van der Waals surface area contributed by atoms with Crippen LogP contribution in [0.15, 0.2) is 48.5 Å². The van der Waals surface area contributed by atoms with E-state index in [1.165, 1.54) is 11.1 Å². The molecule has 2 aromatic carbocycles. The zero-order chi connectivity index (χ0) is 15.5. The summed E-state index contributed by atoms with van der Waals surface area (Å²) in [6.45, 7) is 5.83. The van der Waals surface area contributed by atoms with Crippen LogP contribution in [0.1, 0.15) is 30.9 Å². The van der Waals surface area contributed by atoms with Gasteiger partial charge in [0.05, 0.1) is 0 Å². The van der Waals surface area contributed by atoms with E-state index in [0.29, 0.717) is 18.8 Å². The van der Waals surface area contributed by atoms with E-state index in [1.54, 1.807) is 0 Å². The predicted octanol–water partition coefficient (Wildman–Crippen LogP) is 4.04. The van der Waals surface area contributed by atoms with Crippen molar-refractivity contribution < 1.29 is 9.47 Å². The molecule has 0 aromatic heterocycles. The van der Waals surface area contributed by atoms with Crippen LogP contribution in [0, 0.1) is 0 Å². The van der Waals surface area contributed by atoms with E-state index in [9.17, 15) is 0 Å². The monoisotopic (exact) mass is 297 g/mol. The van der Waals surface area contributed by atoms with Crippen LogP contribution in [0.4, 0.5) is 0 Å². The maximum Gasteiger partial charge on any atom is 0.231 e. The first kappa shape index (κ1) is 14.9. The number of hydrogen-bond acceptors (Lipinski definition) is 3. The third-order valence-electron chi connectivity index (χ3n) is 4.62. The molecule has 3 nitrogen and oxygen atoms in total. The highest BCUT2D eigenvalue weighted by molar-refractivity contribution is 5.45. The molecule has 3 heteroatoms. The van der Waals surface area contributed by atoms with Crippen LogP contribution in [-0.4, -0.2) is 24.8 Å². The Bertz CT molecular complexity index is 627. The highest BCUT2D eigenvalue weighted by Gasteiger charge is 2.21. The predicted molar refractivity (Wildman–Crippen MR) is 88.4 cm³/mol. The largest absolute Gasteiger partial charge is 0.454 e. The Balaban J connectivity index is 1.69. The zero-order valence-electron chi connectivity index (χ0n) is 13.5. The third kappa shape index (κ3) is 3.09. The average Bonchev–Trinajstić information content (AvgIpc) is 3.02. The summed E-state index contributed by atoms with van der Waals surface area (Å²) in [6, 6.07) is 17.3. The van der Waals surface area contributed by atoms with Crippen molar-refractivity contribution in [3.05, 3.63) is 59.7 Å². The van der Waals surface area contributed by atoms with Gasteiger partial charge in [-0.25, -0.2) is 0 Å². The molecule has 116 valence electrons. The molecular weight excluding hydrogens is 274 g/mol. The van der Waals surface area contributed by atoms with Gasteiger partial charge >= 0.3 is 0 Å². The standard InChI is InChI=1S/C19H23NO2/c1-14(17-9-10-18-19(11-17)22-13-21-18)15(2)20(3)12-16-7-5-4-6-8-16/h4-11,14-15H,12-13H2,1-3H3/t14-,15-/m0/s1. The maximum absolute atomic E-state index is 5.49. The van der Waals surface area contributed by atoms with Crippen LogP contribution >= 0.6 is 0 Å². The quantitative estimate of drug-likeness (QED) is 0.831. The Kier molecular flexibility index (Phi) is 4.34. The second-order valence-electron chi connectivity index (χ2n) is 6.04. The minimum Gasteiger partial charge on any atom is -0.454 e. The van der Waals surface area contributed by atoms with Crippen LogP contribution in [0.3, 0.4) is 0 Å². The lowest BCUT2D eigenvalue weighted by Crippen LogP contribution is -2.32. The number of ether oxygens (including phenoxy) is 2. The second kappa shape index (κ2) is 6.41. The van der Waals surface area contributed by atoms with Gasteiger partial charge in [-0.1, -0.05) is 43.3 Å². The molecule has 22 heavy (non-hydrogen) atoms. The van der Waals surface area contributed by atoms with Gasteiger partial charge in [-0.15, -0.1) is 0 Å². The smallest absolute Gasteiger partial charge is 0.231 e. The van der Waals surface area contributed by atoms with Crippen LogP contribution in [-0.2, 0) is 6.54 Å². The van der Waals surface area contributed by atoms with Gasteiger partial charge in [-0.05, 0) is 43.1 Å². The first-order valence-corrected chi connectivity index (χ1v) is 7.79. The van der Waals surface area contributed by atoms with Gasteiger partial charge < -0.3 is 9.47 Å². The van der Waals surface area contributed by atoms with Crippen molar-refractivity contribution in [1.29, 1.82) is 0 Å². The molecule has 0 N–H and O–H groups in total. The molecule has 0 saturated carbocycles. The molecule has 2 aromatic rings. The van der Waals surface area contributed by atoms with Gasteiger partial charge in [0.15, 0.2) is 11.5 Å². The van der Waals surface area contributed by atoms with Gasteiger partial charge in [0.25, 0.3) is 0 Å².